The highest BCUT2D eigenvalue weighted by Crippen LogP contribution is 2.25. The molecule has 1 aromatic carbocycles. The van der Waals surface area contributed by atoms with Crippen LogP contribution in [-0.4, -0.2) is 31.1 Å². The summed E-state index contributed by atoms with van der Waals surface area (Å²) in [5.74, 6) is 0. The van der Waals surface area contributed by atoms with Gasteiger partial charge in [-0.1, -0.05) is 39.1 Å². The maximum absolute atomic E-state index is 12.2. The number of hydrogen-bond acceptors (Lipinski definition) is 2. The fourth-order valence-corrected chi connectivity index (χ4v) is 3.89. The first-order chi connectivity index (χ1) is 7.78. The minimum atomic E-state index is -3.56. The van der Waals surface area contributed by atoms with Crippen molar-refractivity contribution >= 4 is 49.2 Å². The topological polar surface area (TPSA) is 37.4 Å². The Hall–Kier alpha value is 0.190. The molecule has 96 valence electrons. The summed E-state index contributed by atoms with van der Waals surface area (Å²) >= 11 is 14.8. The zero-order valence-corrected chi connectivity index (χ0v) is 13.2. The number of halogens is 3. The van der Waals surface area contributed by atoms with E-state index < -0.39 is 10.0 Å². The van der Waals surface area contributed by atoms with E-state index in [0.717, 1.165) is 0 Å². The lowest BCUT2D eigenvalue weighted by molar-refractivity contribution is 0.416. The van der Waals surface area contributed by atoms with E-state index in [0.29, 0.717) is 15.4 Å². The Kier molecular flexibility index (Phi) is 5.28. The summed E-state index contributed by atoms with van der Waals surface area (Å²) in [6.45, 7) is 1.80. The van der Waals surface area contributed by atoms with Crippen LogP contribution in [0.4, 0.5) is 0 Å². The number of benzene rings is 1. The third-order valence-electron chi connectivity index (χ3n) is 2.36. The summed E-state index contributed by atoms with van der Waals surface area (Å²) in [5, 5.41) is 1.16. The molecule has 0 aromatic heterocycles. The van der Waals surface area contributed by atoms with Crippen LogP contribution in [0, 0.1) is 0 Å². The van der Waals surface area contributed by atoms with E-state index in [2.05, 4.69) is 15.9 Å². The van der Waals surface area contributed by atoms with Crippen LogP contribution in [0.2, 0.25) is 10.0 Å². The van der Waals surface area contributed by atoms with E-state index in [1.807, 2.05) is 0 Å². The Morgan fingerprint density at radius 3 is 2.18 bits per heavy atom. The Labute approximate surface area is 120 Å². The molecule has 1 atom stereocenters. The Morgan fingerprint density at radius 1 is 1.29 bits per heavy atom. The second-order valence-corrected chi connectivity index (χ2v) is 7.15. The van der Waals surface area contributed by atoms with Crippen molar-refractivity contribution in [3.63, 3.8) is 0 Å². The van der Waals surface area contributed by atoms with Gasteiger partial charge in [0.05, 0.1) is 4.90 Å². The van der Waals surface area contributed by atoms with E-state index in [1.165, 1.54) is 29.6 Å². The second kappa shape index (κ2) is 5.89. The molecule has 0 radical (unpaired) electrons. The SMILES string of the molecule is CC(CBr)N(C)S(=O)(=O)c1cc(Cl)cc(Cl)c1. The van der Waals surface area contributed by atoms with Crippen molar-refractivity contribution in [3.05, 3.63) is 28.2 Å². The molecule has 0 fully saturated rings. The van der Waals surface area contributed by atoms with Crippen LogP contribution in [0.3, 0.4) is 0 Å². The van der Waals surface area contributed by atoms with Crippen molar-refractivity contribution < 1.29 is 8.42 Å². The lowest BCUT2D eigenvalue weighted by Crippen LogP contribution is -2.36. The van der Waals surface area contributed by atoms with Crippen LogP contribution >= 0.6 is 39.1 Å². The summed E-state index contributed by atoms with van der Waals surface area (Å²) in [4.78, 5) is 0.102. The highest BCUT2D eigenvalue weighted by molar-refractivity contribution is 9.09. The number of rotatable bonds is 4. The third kappa shape index (κ3) is 3.58. The van der Waals surface area contributed by atoms with Crippen LogP contribution in [0.1, 0.15) is 6.92 Å². The molecule has 1 rings (SSSR count). The fraction of sp³-hybridized carbons (Fsp3) is 0.400. The molecule has 1 aromatic rings. The average molecular weight is 361 g/mol. The lowest BCUT2D eigenvalue weighted by atomic mass is 10.4. The molecule has 0 aliphatic heterocycles. The van der Waals surface area contributed by atoms with Gasteiger partial charge in [-0.15, -0.1) is 0 Å². The summed E-state index contributed by atoms with van der Waals surface area (Å²) in [7, 11) is -2.04. The third-order valence-corrected chi connectivity index (χ3v) is 5.68. The summed E-state index contributed by atoms with van der Waals surface area (Å²) in [5.41, 5.74) is 0. The first-order valence-corrected chi connectivity index (χ1v) is 8.11. The molecule has 0 heterocycles. The lowest BCUT2D eigenvalue weighted by Gasteiger charge is -2.22. The van der Waals surface area contributed by atoms with Crippen molar-refractivity contribution in [2.75, 3.05) is 12.4 Å². The van der Waals surface area contributed by atoms with Crippen LogP contribution in [0.25, 0.3) is 0 Å². The monoisotopic (exact) mass is 359 g/mol. The second-order valence-electron chi connectivity index (χ2n) is 3.63. The molecule has 0 N–H and O–H groups in total. The van der Waals surface area contributed by atoms with Gasteiger partial charge in [0.2, 0.25) is 10.0 Å². The predicted octanol–water partition coefficient (Wildman–Crippen LogP) is 3.40. The molecular weight excluding hydrogens is 349 g/mol. The van der Waals surface area contributed by atoms with Gasteiger partial charge in [0.25, 0.3) is 0 Å². The van der Waals surface area contributed by atoms with Crippen LogP contribution in [0.5, 0.6) is 0 Å². The average Bonchev–Trinajstić information content (AvgIpc) is 2.25. The van der Waals surface area contributed by atoms with Gasteiger partial charge < -0.3 is 0 Å². The largest absolute Gasteiger partial charge is 0.243 e. The highest BCUT2D eigenvalue weighted by atomic mass is 79.9. The summed E-state index contributed by atoms with van der Waals surface area (Å²) in [6, 6.07) is 4.12. The van der Waals surface area contributed by atoms with Crippen LogP contribution in [0.15, 0.2) is 23.1 Å². The molecule has 0 bridgehead atoms. The van der Waals surface area contributed by atoms with Crippen molar-refractivity contribution in [2.24, 2.45) is 0 Å². The number of alkyl halides is 1. The van der Waals surface area contributed by atoms with E-state index in [1.54, 1.807) is 6.92 Å². The van der Waals surface area contributed by atoms with Gasteiger partial charge in [-0.3, -0.25) is 0 Å². The van der Waals surface area contributed by atoms with Crippen molar-refractivity contribution in [2.45, 2.75) is 17.9 Å². The maximum Gasteiger partial charge on any atom is 0.243 e. The van der Waals surface area contributed by atoms with Crippen molar-refractivity contribution in [3.8, 4) is 0 Å². The normalized spacial score (nSPS) is 14.0. The molecule has 1 unspecified atom stereocenters. The van der Waals surface area contributed by atoms with Gasteiger partial charge in [0, 0.05) is 28.5 Å². The molecule has 0 amide bonds. The first-order valence-electron chi connectivity index (χ1n) is 4.79. The first kappa shape index (κ1) is 15.2. The van der Waals surface area contributed by atoms with Gasteiger partial charge in [-0.25, -0.2) is 8.42 Å². The Balaban J connectivity index is 3.22. The van der Waals surface area contributed by atoms with E-state index >= 15 is 0 Å². The minimum absolute atomic E-state index is 0.102. The molecule has 7 heteroatoms. The molecular formula is C10H12BrCl2NO2S. The van der Waals surface area contributed by atoms with Crippen molar-refractivity contribution in [1.82, 2.24) is 4.31 Å². The molecule has 0 saturated carbocycles. The molecule has 3 nitrogen and oxygen atoms in total. The van der Waals surface area contributed by atoms with E-state index in [-0.39, 0.29) is 10.9 Å². The van der Waals surface area contributed by atoms with E-state index in [4.69, 9.17) is 23.2 Å². The van der Waals surface area contributed by atoms with Gasteiger partial charge in [-0.05, 0) is 25.1 Å². The smallest absolute Gasteiger partial charge is 0.207 e. The predicted molar refractivity (Wildman–Crippen MR) is 74.7 cm³/mol. The maximum atomic E-state index is 12.2. The van der Waals surface area contributed by atoms with Gasteiger partial charge >= 0.3 is 0 Å². The molecule has 0 saturated heterocycles. The quantitative estimate of drug-likeness (QED) is 0.771. The van der Waals surface area contributed by atoms with Gasteiger partial charge in [0.1, 0.15) is 0 Å². The zero-order valence-electron chi connectivity index (χ0n) is 9.32. The molecule has 0 spiro atoms. The van der Waals surface area contributed by atoms with Gasteiger partial charge in [-0.2, -0.15) is 4.31 Å². The number of nitrogens with zero attached hydrogens (tertiary/aromatic N) is 1. The Morgan fingerprint density at radius 2 is 1.76 bits per heavy atom. The van der Waals surface area contributed by atoms with E-state index in [9.17, 15) is 8.42 Å². The summed E-state index contributed by atoms with van der Waals surface area (Å²) < 4.78 is 25.7. The fourth-order valence-electron chi connectivity index (χ4n) is 1.18. The number of sulfonamides is 1. The zero-order chi connectivity index (χ0) is 13.2. The molecule has 0 aliphatic rings. The summed E-state index contributed by atoms with van der Waals surface area (Å²) in [6.07, 6.45) is 0. The minimum Gasteiger partial charge on any atom is -0.207 e. The van der Waals surface area contributed by atoms with Gasteiger partial charge in [0.15, 0.2) is 0 Å². The molecule has 0 aliphatic carbocycles. The van der Waals surface area contributed by atoms with Crippen LogP contribution < -0.4 is 0 Å². The molecule has 17 heavy (non-hydrogen) atoms. The standard InChI is InChI=1S/C10H12BrCl2NO2S/c1-7(6-11)14(2)17(15,16)10-4-8(12)3-9(13)5-10/h3-5,7H,6H2,1-2H3. The highest BCUT2D eigenvalue weighted by Gasteiger charge is 2.25. The Bertz CT molecular complexity index is 487. The van der Waals surface area contributed by atoms with Crippen LogP contribution in [-0.2, 0) is 10.0 Å². The number of hydrogen-bond donors (Lipinski definition) is 0. The van der Waals surface area contributed by atoms with Crippen molar-refractivity contribution in [1.29, 1.82) is 0 Å².